The lowest BCUT2D eigenvalue weighted by Gasteiger charge is -2.26. The van der Waals surface area contributed by atoms with Gasteiger partial charge in [0.15, 0.2) is 0 Å². The monoisotopic (exact) mass is 335 g/mol. The molecule has 1 aliphatic heterocycles. The van der Waals surface area contributed by atoms with Crippen molar-refractivity contribution in [2.45, 2.75) is 39.0 Å². The largest absolute Gasteiger partial charge is 0.350 e. The van der Waals surface area contributed by atoms with E-state index >= 15 is 0 Å². The summed E-state index contributed by atoms with van der Waals surface area (Å²) in [5, 5.41) is 6.70. The summed E-state index contributed by atoms with van der Waals surface area (Å²) in [7, 11) is 0. The third kappa shape index (κ3) is 4.54. The average molecular weight is 335 g/mol. The van der Waals surface area contributed by atoms with Gasteiger partial charge in [-0.25, -0.2) is 0 Å². The molecule has 2 heterocycles. The maximum atomic E-state index is 12.3. The van der Waals surface area contributed by atoms with Gasteiger partial charge in [-0.3, -0.25) is 9.59 Å². The molecule has 2 N–H and O–H groups in total. The molecule has 5 nitrogen and oxygen atoms in total. The highest BCUT2D eigenvalue weighted by Gasteiger charge is 2.30. The van der Waals surface area contributed by atoms with Crippen molar-refractivity contribution in [1.82, 2.24) is 10.2 Å². The van der Waals surface area contributed by atoms with Crippen LogP contribution in [0, 0.1) is 12.8 Å². The molecule has 6 heteroatoms. The number of anilines is 1. The van der Waals surface area contributed by atoms with E-state index < -0.39 is 0 Å². The molecule has 126 valence electrons. The Hall–Kier alpha value is -1.40. The number of hydrogen-bond acceptors (Lipinski definition) is 4. The van der Waals surface area contributed by atoms with Crippen LogP contribution >= 0.6 is 11.3 Å². The normalized spacial score (nSPS) is 18.7. The number of rotatable bonds is 6. The Kier molecular flexibility index (Phi) is 5.33. The predicted octanol–water partition coefficient (Wildman–Crippen LogP) is 2.62. The molecule has 1 aliphatic carbocycles. The second-order valence-electron chi connectivity index (χ2n) is 6.54. The van der Waals surface area contributed by atoms with Crippen LogP contribution in [0.1, 0.15) is 47.3 Å². The van der Waals surface area contributed by atoms with Crippen LogP contribution < -0.4 is 10.6 Å². The molecule has 0 aromatic carbocycles. The molecule has 0 atom stereocenters. The molecule has 2 aliphatic rings. The van der Waals surface area contributed by atoms with Gasteiger partial charge in [-0.1, -0.05) is 6.42 Å². The predicted molar refractivity (Wildman–Crippen MR) is 93.0 cm³/mol. The van der Waals surface area contributed by atoms with Crippen molar-refractivity contribution in [3.8, 4) is 0 Å². The molecule has 0 radical (unpaired) electrons. The van der Waals surface area contributed by atoms with Gasteiger partial charge < -0.3 is 15.5 Å². The third-order valence-corrected chi connectivity index (χ3v) is 5.63. The van der Waals surface area contributed by atoms with Crippen molar-refractivity contribution >= 4 is 28.2 Å². The van der Waals surface area contributed by atoms with E-state index in [1.54, 1.807) is 0 Å². The summed E-state index contributed by atoms with van der Waals surface area (Å²) < 4.78 is 0. The van der Waals surface area contributed by atoms with Gasteiger partial charge in [-0.05, 0) is 57.3 Å². The minimum atomic E-state index is -0.0311. The fourth-order valence-electron chi connectivity index (χ4n) is 2.93. The second kappa shape index (κ2) is 7.45. The van der Waals surface area contributed by atoms with Crippen LogP contribution in [-0.2, 0) is 4.79 Å². The molecule has 1 aromatic rings. The van der Waals surface area contributed by atoms with Gasteiger partial charge >= 0.3 is 0 Å². The molecule has 3 rings (SSSR count). The summed E-state index contributed by atoms with van der Waals surface area (Å²) in [4.78, 5) is 27.2. The Morgan fingerprint density at radius 3 is 2.70 bits per heavy atom. The minimum absolute atomic E-state index is 0.0311. The maximum Gasteiger partial charge on any atom is 0.261 e. The van der Waals surface area contributed by atoms with Crippen molar-refractivity contribution in [1.29, 1.82) is 0 Å². The van der Waals surface area contributed by atoms with E-state index in [9.17, 15) is 9.59 Å². The molecule has 23 heavy (non-hydrogen) atoms. The zero-order valence-corrected chi connectivity index (χ0v) is 14.5. The van der Waals surface area contributed by atoms with Crippen LogP contribution in [0.15, 0.2) is 6.07 Å². The first-order valence-corrected chi connectivity index (χ1v) is 9.37. The number of hydrogen-bond donors (Lipinski definition) is 2. The van der Waals surface area contributed by atoms with Gasteiger partial charge in [0.2, 0.25) is 5.91 Å². The molecule has 1 saturated carbocycles. The van der Waals surface area contributed by atoms with Gasteiger partial charge in [0.25, 0.3) is 5.91 Å². The Morgan fingerprint density at radius 1 is 1.26 bits per heavy atom. The van der Waals surface area contributed by atoms with E-state index in [2.05, 4.69) is 15.5 Å². The van der Waals surface area contributed by atoms with Gasteiger partial charge in [0.05, 0.1) is 9.88 Å². The quantitative estimate of drug-likeness (QED) is 0.840. The fraction of sp³-hybridized carbons (Fsp3) is 0.647. The highest BCUT2D eigenvalue weighted by molar-refractivity contribution is 7.18. The number of aryl methyl sites for hydroxylation is 1. The Bertz CT molecular complexity index is 574. The number of piperidine rings is 1. The first-order valence-electron chi connectivity index (χ1n) is 8.55. The van der Waals surface area contributed by atoms with E-state index in [1.807, 2.05) is 13.0 Å². The second-order valence-corrected chi connectivity index (χ2v) is 7.60. The summed E-state index contributed by atoms with van der Waals surface area (Å²) in [6.07, 6.45) is 5.83. The van der Waals surface area contributed by atoms with Crippen molar-refractivity contribution in [3.63, 3.8) is 0 Å². The van der Waals surface area contributed by atoms with Crippen LogP contribution in [0.4, 0.5) is 5.00 Å². The summed E-state index contributed by atoms with van der Waals surface area (Å²) in [6, 6.07) is 1.89. The van der Waals surface area contributed by atoms with Crippen molar-refractivity contribution in [2.75, 3.05) is 31.5 Å². The van der Waals surface area contributed by atoms with Crippen LogP contribution in [0.3, 0.4) is 0 Å². The first-order chi connectivity index (χ1) is 11.1. The van der Waals surface area contributed by atoms with Crippen LogP contribution in [0.2, 0.25) is 0 Å². The highest BCUT2D eigenvalue weighted by atomic mass is 32.1. The SMILES string of the molecule is Cc1cc(NC(=O)C2CC2)sc1C(=O)NCCN1CCCCC1. The average Bonchev–Trinajstić information content (AvgIpc) is 3.32. The fourth-order valence-corrected chi connectivity index (χ4v) is 3.92. The lowest BCUT2D eigenvalue weighted by molar-refractivity contribution is -0.117. The topological polar surface area (TPSA) is 61.4 Å². The molecule has 1 aromatic heterocycles. The summed E-state index contributed by atoms with van der Waals surface area (Å²) in [5.41, 5.74) is 0.927. The third-order valence-electron chi connectivity index (χ3n) is 4.48. The van der Waals surface area contributed by atoms with E-state index in [-0.39, 0.29) is 17.7 Å². The number of likely N-dealkylation sites (tertiary alicyclic amines) is 1. The number of nitrogens with zero attached hydrogens (tertiary/aromatic N) is 1. The lowest BCUT2D eigenvalue weighted by atomic mass is 10.1. The Morgan fingerprint density at radius 2 is 2.00 bits per heavy atom. The molecule has 0 bridgehead atoms. The number of carbonyl (C=O) groups excluding carboxylic acids is 2. The molecule has 0 unspecified atom stereocenters. The van der Waals surface area contributed by atoms with Crippen LogP contribution in [0.25, 0.3) is 0 Å². The number of carbonyl (C=O) groups is 2. The van der Waals surface area contributed by atoms with E-state index in [1.165, 1.54) is 30.6 Å². The lowest BCUT2D eigenvalue weighted by Crippen LogP contribution is -2.37. The summed E-state index contributed by atoms with van der Waals surface area (Å²) in [6.45, 7) is 5.81. The summed E-state index contributed by atoms with van der Waals surface area (Å²) >= 11 is 1.37. The maximum absolute atomic E-state index is 12.3. The van der Waals surface area contributed by atoms with E-state index in [0.29, 0.717) is 11.4 Å². The Labute approximate surface area is 141 Å². The van der Waals surface area contributed by atoms with Crippen LogP contribution in [0.5, 0.6) is 0 Å². The van der Waals surface area contributed by atoms with Gasteiger partial charge in [0, 0.05) is 19.0 Å². The van der Waals surface area contributed by atoms with Gasteiger partial charge in [-0.15, -0.1) is 11.3 Å². The van der Waals surface area contributed by atoms with Gasteiger partial charge in [0.1, 0.15) is 0 Å². The first kappa shape index (κ1) is 16.5. The zero-order chi connectivity index (χ0) is 16.2. The summed E-state index contributed by atoms with van der Waals surface area (Å²) in [5.74, 6) is 0.235. The van der Waals surface area contributed by atoms with Gasteiger partial charge in [-0.2, -0.15) is 0 Å². The van der Waals surface area contributed by atoms with Crippen molar-refractivity contribution < 1.29 is 9.59 Å². The number of nitrogens with one attached hydrogen (secondary N) is 2. The number of amides is 2. The highest BCUT2D eigenvalue weighted by Crippen LogP contribution is 2.32. The molecule has 2 fully saturated rings. The zero-order valence-electron chi connectivity index (χ0n) is 13.7. The van der Waals surface area contributed by atoms with Crippen LogP contribution in [-0.4, -0.2) is 42.9 Å². The molecule has 1 saturated heterocycles. The van der Waals surface area contributed by atoms with E-state index in [4.69, 9.17) is 0 Å². The number of thiophene rings is 1. The molecular weight excluding hydrogens is 310 g/mol. The van der Waals surface area contributed by atoms with Crippen molar-refractivity contribution in [3.05, 3.63) is 16.5 Å². The molecule has 0 spiro atoms. The minimum Gasteiger partial charge on any atom is -0.350 e. The molecule has 2 amide bonds. The standard InChI is InChI=1S/C17H25N3O2S/c1-12-11-14(19-16(21)13-5-6-13)23-15(12)17(22)18-7-10-20-8-3-2-4-9-20/h11,13H,2-10H2,1H3,(H,18,22)(H,19,21). The Balaban J connectivity index is 1.48. The van der Waals surface area contributed by atoms with E-state index in [0.717, 1.165) is 43.0 Å². The van der Waals surface area contributed by atoms with Crippen molar-refractivity contribution in [2.24, 2.45) is 5.92 Å². The molecular formula is C17H25N3O2S. The smallest absolute Gasteiger partial charge is 0.261 e.